The molecule has 0 bridgehead atoms. The molecule has 0 N–H and O–H groups in total. The summed E-state index contributed by atoms with van der Waals surface area (Å²) >= 11 is 0. The molecule has 0 aliphatic carbocycles. The van der Waals surface area contributed by atoms with Gasteiger partial charge in [-0.15, -0.1) is 0 Å². The highest BCUT2D eigenvalue weighted by Gasteiger charge is 2.04. The van der Waals surface area contributed by atoms with Crippen molar-refractivity contribution in [1.29, 1.82) is 0 Å². The summed E-state index contributed by atoms with van der Waals surface area (Å²) in [7, 11) is 0. The fourth-order valence-electron chi connectivity index (χ4n) is 2.42. The van der Waals surface area contributed by atoms with E-state index in [4.69, 9.17) is 0 Å². The van der Waals surface area contributed by atoms with Crippen molar-refractivity contribution in [3.05, 3.63) is 70.4 Å². The Morgan fingerprint density at radius 3 is 1.87 bits per heavy atom. The molecule has 128 valence electrons. The topological polar surface area (TPSA) is 0 Å². The molecular weight excluding hydrogens is 276 g/mol. The first-order valence-corrected chi connectivity index (χ1v) is 8.86. The average molecular weight is 313 g/mol. The Kier molecular flexibility index (Phi) is 10.3. The van der Waals surface area contributed by atoms with Crippen molar-refractivity contribution in [1.82, 2.24) is 0 Å². The molecule has 0 aromatic carbocycles. The van der Waals surface area contributed by atoms with Crippen molar-refractivity contribution in [2.75, 3.05) is 0 Å². The second kappa shape index (κ2) is 11.0. The van der Waals surface area contributed by atoms with Gasteiger partial charge >= 0.3 is 0 Å². The van der Waals surface area contributed by atoms with Crippen LogP contribution in [0.4, 0.5) is 0 Å². The summed E-state index contributed by atoms with van der Waals surface area (Å²) in [4.78, 5) is 0. The molecular formula is C23H36. The zero-order chi connectivity index (χ0) is 18.0. The van der Waals surface area contributed by atoms with Crippen LogP contribution in [0.15, 0.2) is 70.4 Å². The van der Waals surface area contributed by atoms with Crippen LogP contribution in [0.1, 0.15) is 74.1 Å². The zero-order valence-corrected chi connectivity index (χ0v) is 16.5. The third-order valence-electron chi connectivity index (χ3n) is 4.48. The second-order valence-electron chi connectivity index (χ2n) is 6.30. The average Bonchev–Trinajstić information content (AvgIpc) is 2.52. The predicted octanol–water partition coefficient (Wildman–Crippen LogP) is 7.87. The molecule has 0 atom stereocenters. The summed E-state index contributed by atoms with van der Waals surface area (Å²) in [6, 6.07) is 0. The van der Waals surface area contributed by atoms with Crippen LogP contribution < -0.4 is 0 Å². The van der Waals surface area contributed by atoms with Crippen molar-refractivity contribution >= 4 is 0 Å². The van der Waals surface area contributed by atoms with E-state index in [1.165, 1.54) is 33.4 Å². The third-order valence-corrected chi connectivity index (χ3v) is 4.48. The molecule has 0 aliphatic rings. The SMILES string of the molecule is C=C(C)C(C)=CC(CC=C(CC)C(=C)CC)=C(C)C(C)=CCC. The lowest BCUT2D eigenvalue weighted by atomic mass is 9.94. The first-order valence-electron chi connectivity index (χ1n) is 8.86. The molecule has 0 aromatic rings. The van der Waals surface area contributed by atoms with Gasteiger partial charge in [0.15, 0.2) is 0 Å². The van der Waals surface area contributed by atoms with Crippen molar-refractivity contribution < 1.29 is 0 Å². The summed E-state index contributed by atoms with van der Waals surface area (Å²) < 4.78 is 0. The number of hydrogen-bond donors (Lipinski definition) is 0. The van der Waals surface area contributed by atoms with Crippen LogP contribution in [-0.4, -0.2) is 0 Å². The fourth-order valence-corrected chi connectivity index (χ4v) is 2.42. The van der Waals surface area contributed by atoms with E-state index >= 15 is 0 Å². The van der Waals surface area contributed by atoms with Gasteiger partial charge in [0.25, 0.3) is 0 Å². The molecule has 0 saturated carbocycles. The van der Waals surface area contributed by atoms with E-state index < -0.39 is 0 Å². The maximum atomic E-state index is 4.20. The molecule has 0 aliphatic heterocycles. The fraction of sp³-hybridized carbons (Fsp3) is 0.478. The Morgan fingerprint density at radius 2 is 1.43 bits per heavy atom. The van der Waals surface area contributed by atoms with Crippen LogP contribution in [0, 0.1) is 0 Å². The Labute approximate surface area is 145 Å². The predicted molar refractivity (Wildman–Crippen MR) is 108 cm³/mol. The third kappa shape index (κ3) is 7.50. The van der Waals surface area contributed by atoms with Crippen LogP contribution in [0.2, 0.25) is 0 Å². The summed E-state index contributed by atoms with van der Waals surface area (Å²) in [5.41, 5.74) is 9.15. The van der Waals surface area contributed by atoms with Gasteiger partial charge in [-0.25, -0.2) is 0 Å². The quantitative estimate of drug-likeness (QED) is 0.380. The van der Waals surface area contributed by atoms with Gasteiger partial charge < -0.3 is 0 Å². The molecule has 0 heteroatoms. The summed E-state index contributed by atoms with van der Waals surface area (Å²) in [5.74, 6) is 0. The van der Waals surface area contributed by atoms with Gasteiger partial charge in [-0.05, 0) is 75.7 Å². The highest BCUT2D eigenvalue weighted by atomic mass is 14.1. The van der Waals surface area contributed by atoms with E-state index in [-0.39, 0.29) is 0 Å². The molecule has 23 heavy (non-hydrogen) atoms. The van der Waals surface area contributed by atoms with Gasteiger partial charge in [-0.2, -0.15) is 0 Å². The molecule has 0 nitrogen and oxygen atoms in total. The molecule has 0 saturated heterocycles. The minimum atomic E-state index is 0.952. The van der Waals surface area contributed by atoms with Crippen LogP contribution in [0.3, 0.4) is 0 Å². The van der Waals surface area contributed by atoms with Crippen molar-refractivity contribution in [2.24, 2.45) is 0 Å². The molecule has 0 aromatic heterocycles. The molecule has 0 amide bonds. The van der Waals surface area contributed by atoms with Gasteiger partial charge in [-0.1, -0.05) is 68.9 Å². The second-order valence-corrected chi connectivity index (χ2v) is 6.30. The largest absolute Gasteiger partial charge is 0.0958 e. The lowest BCUT2D eigenvalue weighted by Crippen LogP contribution is -1.92. The lowest BCUT2D eigenvalue weighted by molar-refractivity contribution is 1.01. The molecule has 0 spiro atoms. The molecule has 0 fully saturated rings. The minimum Gasteiger partial charge on any atom is -0.0958 e. The highest BCUT2D eigenvalue weighted by molar-refractivity contribution is 5.43. The van der Waals surface area contributed by atoms with Crippen molar-refractivity contribution in [3.8, 4) is 0 Å². The summed E-state index contributed by atoms with van der Waals surface area (Å²) in [6.45, 7) is 23.5. The van der Waals surface area contributed by atoms with Crippen LogP contribution in [0.5, 0.6) is 0 Å². The number of rotatable bonds is 9. The monoisotopic (exact) mass is 312 g/mol. The van der Waals surface area contributed by atoms with Gasteiger partial charge in [0, 0.05) is 0 Å². The van der Waals surface area contributed by atoms with E-state index in [0.717, 1.165) is 31.3 Å². The van der Waals surface area contributed by atoms with E-state index in [0.29, 0.717) is 0 Å². The molecule has 0 radical (unpaired) electrons. The van der Waals surface area contributed by atoms with Crippen LogP contribution in [-0.2, 0) is 0 Å². The maximum absolute atomic E-state index is 4.20. The molecule has 0 unspecified atom stereocenters. The van der Waals surface area contributed by atoms with E-state index in [1.807, 2.05) is 0 Å². The van der Waals surface area contributed by atoms with E-state index in [1.54, 1.807) is 0 Å². The Balaban J connectivity index is 5.81. The smallest absolute Gasteiger partial charge is 0.00887 e. The van der Waals surface area contributed by atoms with Gasteiger partial charge in [0.05, 0.1) is 0 Å². The Morgan fingerprint density at radius 1 is 0.826 bits per heavy atom. The van der Waals surface area contributed by atoms with Crippen LogP contribution in [0.25, 0.3) is 0 Å². The number of hydrogen-bond acceptors (Lipinski definition) is 0. The molecule has 0 rings (SSSR count). The van der Waals surface area contributed by atoms with E-state index in [2.05, 4.69) is 79.9 Å². The van der Waals surface area contributed by atoms with Crippen molar-refractivity contribution in [3.63, 3.8) is 0 Å². The standard InChI is InChI=1S/C23H36/c1-10-13-19(7)21(9)23(16-20(8)17(4)5)15-14-22(12-3)18(6)11-2/h13-14,16H,4,6,10-12,15H2,1-3,5,7-9H3. The Bertz CT molecular complexity index is 545. The summed E-state index contributed by atoms with van der Waals surface area (Å²) in [6.07, 6.45) is 11.0. The normalized spacial score (nSPS) is 14.7. The maximum Gasteiger partial charge on any atom is -0.00887 e. The van der Waals surface area contributed by atoms with Gasteiger partial charge in [-0.3, -0.25) is 0 Å². The van der Waals surface area contributed by atoms with Crippen molar-refractivity contribution in [2.45, 2.75) is 74.1 Å². The Hall–Kier alpha value is -1.56. The van der Waals surface area contributed by atoms with Gasteiger partial charge in [0.2, 0.25) is 0 Å². The first-order chi connectivity index (χ1) is 10.8. The zero-order valence-electron chi connectivity index (χ0n) is 16.5. The number of allylic oxidation sites excluding steroid dienone is 10. The van der Waals surface area contributed by atoms with E-state index in [9.17, 15) is 0 Å². The first kappa shape index (κ1) is 21.4. The molecule has 0 heterocycles. The minimum absolute atomic E-state index is 0.952. The summed E-state index contributed by atoms with van der Waals surface area (Å²) in [5, 5.41) is 0. The van der Waals surface area contributed by atoms with Crippen LogP contribution >= 0.6 is 0 Å². The van der Waals surface area contributed by atoms with Gasteiger partial charge in [0.1, 0.15) is 0 Å². The highest BCUT2D eigenvalue weighted by Crippen LogP contribution is 2.24. The lowest BCUT2D eigenvalue weighted by Gasteiger charge is -2.12.